The average Bonchev–Trinajstić information content (AvgIpc) is 3.47. The van der Waals surface area contributed by atoms with E-state index in [2.05, 4.69) is 10.3 Å². The second-order valence-corrected chi connectivity index (χ2v) is 8.07. The molecule has 5 rings (SSSR count). The number of hydrogen-bond acceptors (Lipinski definition) is 7. The summed E-state index contributed by atoms with van der Waals surface area (Å²) < 4.78 is 11.4. The summed E-state index contributed by atoms with van der Waals surface area (Å²) in [4.78, 5) is 27.9. The molecule has 9 nitrogen and oxygen atoms in total. The Morgan fingerprint density at radius 2 is 1.80 bits per heavy atom. The number of rotatable bonds is 5. The zero-order chi connectivity index (χ0) is 24.7. The Morgan fingerprint density at radius 1 is 1.00 bits per heavy atom. The summed E-state index contributed by atoms with van der Waals surface area (Å²) in [6.45, 7) is 3.90. The van der Waals surface area contributed by atoms with Gasteiger partial charge in [-0.25, -0.2) is 4.98 Å². The number of carbonyl (C=O) groups excluding carboxylic acids is 1. The van der Waals surface area contributed by atoms with Gasteiger partial charge in [-0.1, -0.05) is 18.2 Å². The van der Waals surface area contributed by atoms with E-state index in [1.165, 1.54) is 24.3 Å². The number of phenolic OH excluding ortho intramolecular Hbond substituents is 1. The third-order valence-electron chi connectivity index (χ3n) is 5.50. The summed E-state index contributed by atoms with van der Waals surface area (Å²) in [5.74, 6) is -0.267. The lowest BCUT2D eigenvalue weighted by atomic mass is 10.1. The number of para-hydroxylation sites is 1. The number of carbonyl (C=O) groups is 1. The van der Waals surface area contributed by atoms with Crippen LogP contribution in [0.3, 0.4) is 0 Å². The van der Waals surface area contributed by atoms with Gasteiger partial charge in [-0.2, -0.15) is 0 Å². The first-order valence-electron chi connectivity index (χ1n) is 10.7. The number of hydrogen-bond donors (Lipinski definition) is 2. The second kappa shape index (κ2) is 8.45. The van der Waals surface area contributed by atoms with E-state index in [0.717, 1.165) is 11.1 Å². The molecule has 0 aliphatic carbocycles. The number of nitro benzene ring substituents is 1. The highest BCUT2D eigenvalue weighted by molar-refractivity contribution is 6.03. The minimum atomic E-state index is -0.574. The summed E-state index contributed by atoms with van der Waals surface area (Å²) in [5, 5.41) is 24.5. The van der Waals surface area contributed by atoms with Crippen LogP contribution in [0.4, 0.5) is 11.4 Å². The summed E-state index contributed by atoms with van der Waals surface area (Å²) in [5.41, 5.74) is 4.19. The molecule has 35 heavy (non-hydrogen) atoms. The van der Waals surface area contributed by atoms with Crippen LogP contribution in [0.5, 0.6) is 5.75 Å². The maximum atomic E-state index is 12.7. The molecule has 1 amide bonds. The quantitative estimate of drug-likeness (QED) is 0.230. The molecule has 0 spiro atoms. The Labute approximate surface area is 198 Å². The van der Waals surface area contributed by atoms with E-state index < -0.39 is 10.8 Å². The molecule has 0 radical (unpaired) electrons. The molecule has 0 aliphatic heterocycles. The number of aryl methyl sites for hydroxylation is 2. The fourth-order valence-electron chi connectivity index (χ4n) is 3.92. The predicted molar refractivity (Wildman–Crippen MR) is 129 cm³/mol. The van der Waals surface area contributed by atoms with Crippen molar-refractivity contribution in [3.8, 4) is 28.5 Å². The molecule has 2 heterocycles. The van der Waals surface area contributed by atoms with Gasteiger partial charge in [-0.3, -0.25) is 14.9 Å². The van der Waals surface area contributed by atoms with E-state index in [1.54, 1.807) is 30.3 Å². The lowest BCUT2D eigenvalue weighted by Crippen LogP contribution is -2.10. The monoisotopic (exact) mass is 469 g/mol. The maximum absolute atomic E-state index is 12.7. The van der Waals surface area contributed by atoms with Gasteiger partial charge >= 0.3 is 0 Å². The first-order chi connectivity index (χ1) is 16.8. The van der Waals surface area contributed by atoms with Gasteiger partial charge in [0.05, 0.1) is 16.1 Å². The fraction of sp³-hybridized carbons (Fsp3) is 0.0769. The number of benzene rings is 3. The van der Waals surface area contributed by atoms with Crippen molar-refractivity contribution >= 4 is 28.4 Å². The molecule has 0 atom stereocenters. The summed E-state index contributed by atoms with van der Waals surface area (Å²) in [6.07, 6.45) is 0. The van der Waals surface area contributed by atoms with Crippen molar-refractivity contribution in [2.45, 2.75) is 13.8 Å². The van der Waals surface area contributed by atoms with Gasteiger partial charge < -0.3 is 19.3 Å². The van der Waals surface area contributed by atoms with Crippen LogP contribution in [0, 0.1) is 24.0 Å². The molecule has 2 N–H and O–H groups in total. The molecule has 0 fully saturated rings. The molecule has 5 aromatic rings. The highest BCUT2D eigenvalue weighted by atomic mass is 16.6. The minimum Gasteiger partial charge on any atom is -0.507 e. The Bertz CT molecular complexity index is 1610. The lowest BCUT2D eigenvalue weighted by molar-refractivity contribution is -0.384. The van der Waals surface area contributed by atoms with Crippen molar-refractivity contribution in [1.82, 2.24) is 4.98 Å². The smallest absolute Gasteiger partial charge is 0.291 e. The van der Waals surface area contributed by atoms with Crippen LogP contribution in [0.1, 0.15) is 21.7 Å². The van der Waals surface area contributed by atoms with Crippen LogP contribution in [-0.2, 0) is 0 Å². The number of aromatic nitrogens is 1. The van der Waals surface area contributed by atoms with Crippen molar-refractivity contribution in [2.75, 3.05) is 5.32 Å². The van der Waals surface area contributed by atoms with Crippen LogP contribution >= 0.6 is 0 Å². The minimum absolute atomic E-state index is 0.0356. The summed E-state index contributed by atoms with van der Waals surface area (Å²) in [7, 11) is 0. The second-order valence-electron chi connectivity index (χ2n) is 8.07. The SMILES string of the molecule is Cc1cc(C)c2oc(-c3ccc(NC(=O)c4ccc(-c5ccccc5[N+](=O)[O-])o4)cc3O)nc2c1. The number of furan rings is 1. The van der Waals surface area contributed by atoms with Crippen molar-refractivity contribution < 1.29 is 23.7 Å². The topological polar surface area (TPSA) is 132 Å². The van der Waals surface area contributed by atoms with E-state index in [4.69, 9.17) is 8.83 Å². The van der Waals surface area contributed by atoms with Crippen LogP contribution in [0.2, 0.25) is 0 Å². The lowest BCUT2D eigenvalue weighted by Gasteiger charge is -2.06. The Morgan fingerprint density at radius 3 is 2.57 bits per heavy atom. The van der Waals surface area contributed by atoms with Crippen LogP contribution in [0.15, 0.2) is 75.6 Å². The van der Waals surface area contributed by atoms with Gasteiger partial charge in [0.15, 0.2) is 11.3 Å². The van der Waals surface area contributed by atoms with E-state index >= 15 is 0 Å². The van der Waals surface area contributed by atoms with Crippen LogP contribution < -0.4 is 5.32 Å². The number of aromatic hydroxyl groups is 1. The largest absolute Gasteiger partial charge is 0.507 e. The summed E-state index contributed by atoms with van der Waals surface area (Å²) >= 11 is 0. The molecule has 0 aliphatic rings. The molecule has 0 bridgehead atoms. The Balaban J connectivity index is 1.38. The maximum Gasteiger partial charge on any atom is 0.291 e. The Kier molecular flexibility index (Phi) is 5.29. The van der Waals surface area contributed by atoms with Crippen LogP contribution in [-0.4, -0.2) is 20.9 Å². The van der Waals surface area contributed by atoms with E-state index in [1.807, 2.05) is 26.0 Å². The molecule has 0 saturated carbocycles. The average molecular weight is 469 g/mol. The molecule has 174 valence electrons. The van der Waals surface area contributed by atoms with E-state index in [-0.39, 0.29) is 34.4 Å². The number of nitrogens with one attached hydrogen (secondary N) is 1. The van der Waals surface area contributed by atoms with Crippen molar-refractivity contribution in [1.29, 1.82) is 0 Å². The van der Waals surface area contributed by atoms with Crippen molar-refractivity contribution in [3.63, 3.8) is 0 Å². The van der Waals surface area contributed by atoms with Crippen molar-refractivity contribution in [3.05, 3.63) is 93.7 Å². The number of amides is 1. The molecule has 9 heteroatoms. The van der Waals surface area contributed by atoms with Crippen LogP contribution in [0.25, 0.3) is 33.9 Å². The fourth-order valence-corrected chi connectivity index (χ4v) is 3.92. The van der Waals surface area contributed by atoms with Gasteiger partial charge in [0.1, 0.15) is 17.0 Å². The highest BCUT2D eigenvalue weighted by Crippen LogP contribution is 2.35. The third kappa shape index (κ3) is 4.10. The van der Waals surface area contributed by atoms with Gasteiger partial charge in [-0.15, -0.1) is 0 Å². The summed E-state index contributed by atoms with van der Waals surface area (Å²) in [6, 6.07) is 17.5. The molecular formula is C26H19N3O6. The number of oxazole rings is 1. The number of phenols is 1. The van der Waals surface area contributed by atoms with Crippen molar-refractivity contribution in [2.24, 2.45) is 0 Å². The molecule has 2 aromatic heterocycles. The number of fused-ring (bicyclic) bond motifs is 1. The highest BCUT2D eigenvalue weighted by Gasteiger charge is 2.20. The first kappa shape index (κ1) is 21.9. The number of anilines is 1. The standard InChI is InChI=1S/C26H19N3O6/c1-14-11-15(2)24-19(12-14)28-26(35-24)18-8-7-16(13-21(18)30)27-25(31)23-10-9-22(34-23)17-5-3-4-6-20(17)29(32)33/h3-13,30H,1-2H3,(H,27,31). The van der Waals surface area contributed by atoms with Gasteiger partial charge in [-0.05, 0) is 61.4 Å². The van der Waals surface area contributed by atoms with Gasteiger partial charge in [0, 0.05) is 17.8 Å². The van der Waals surface area contributed by atoms with Gasteiger partial charge in [0.2, 0.25) is 5.89 Å². The molecule has 0 unspecified atom stereocenters. The molecule has 3 aromatic carbocycles. The number of nitrogens with zero attached hydrogens (tertiary/aromatic N) is 2. The van der Waals surface area contributed by atoms with E-state index in [9.17, 15) is 20.0 Å². The normalized spacial score (nSPS) is 11.0. The zero-order valence-electron chi connectivity index (χ0n) is 18.7. The first-order valence-corrected chi connectivity index (χ1v) is 10.7. The van der Waals surface area contributed by atoms with Gasteiger partial charge in [0.25, 0.3) is 11.6 Å². The molecular weight excluding hydrogens is 450 g/mol. The predicted octanol–water partition coefficient (Wildman–Crippen LogP) is 6.24. The van der Waals surface area contributed by atoms with E-state index in [0.29, 0.717) is 22.4 Å². The zero-order valence-corrected chi connectivity index (χ0v) is 18.7. The Hall–Kier alpha value is -4.92. The number of nitro groups is 1. The third-order valence-corrected chi connectivity index (χ3v) is 5.50. The molecule has 0 saturated heterocycles.